The second kappa shape index (κ2) is 13.1. The standard InChI is InChI=1S/C22H29N3O6S2/c1-4-30-19-7-5-6-8-20(19)31-15-21(26)23-24-22(27)18(13-14-32-3)25-33(28,29)17-11-9-16(2)10-12-17/h5-12,18,25H,4,13-15H2,1-3H3,(H,23,26)(H,24,27). The number of thioether (sulfide) groups is 1. The van der Waals surface area contributed by atoms with Crippen LogP contribution >= 0.6 is 11.8 Å². The first-order chi connectivity index (χ1) is 15.8. The fourth-order valence-electron chi connectivity index (χ4n) is 2.69. The summed E-state index contributed by atoms with van der Waals surface area (Å²) in [5.41, 5.74) is 5.43. The Balaban J connectivity index is 1.95. The smallest absolute Gasteiger partial charge is 0.276 e. The van der Waals surface area contributed by atoms with E-state index in [0.29, 0.717) is 23.9 Å². The molecule has 0 aromatic heterocycles. The number of aryl methyl sites for hydroxylation is 1. The number of hydrazine groups is 1. The fraction of sp³-hybridized carbons (Fsp3) is 0.364. The van der Waals surface area contributed by atoms with Crippen LogP contribution in [-0.2, 0) is 19.6 Å². The van der Waals surface area contributed by atoms with Crippen LogP contribution in [0.5, 0.6) is 11.5 Å². The summed E-state index contributed by atoms with van der Waals surface area (Å²) < 4.78 is 38.7. The minimum absolute atomic E-state index is 0.0560. The van der Waals surface area contributed by atoms with Gasteiger partial charge in [0, 0.05) is 0 Å². The topological polar surface area (TPSA) is 123 Å². The molecule has 0 aliphatic rings. The molecule has 0 aliphatic heterocycles. The number of sulfonamides is 1. The van der Waals surface area contributed by atoms with Crippen molar-refractivity contribution < 1.29 is 27.5 Å². The number of benzene rings is 2. The number of para-hydroxylation sites is 2. The molecule has 2 aromatic rings. The average molecular weight is 496 g/mol. The maximum Gasteiger partial charge on any atom is 0.276 e. The average Bonchev–Trinajstić information content (AvgIpc) is 2.80. The van der Waals surface area contributed by atoms with E-state index in [0.717, 1.165) is 5.56 Å². The van der Waals surface area contributed by atoms with E-state index in [1.165, 1.54) is 23.9 Å². The van der Waals surface area contributed by atoms with Crippen LogP contribution < -0.4 is 25.0 Å². The molecule has 33 heavy (non-hydrogen) atoms. The zero-order chi connectivity index (χ0) is 24.3. The molecule has 0 saturated heterocycles. The fourth-order valence-corrected chi connectivity index (χ4v) is 4.40. The molecule has 0 saturated carbocycles. The summed E-state index contributed by atoms with van der Waals surface area (Å²) in [4.78, 5) is 24.8. The molecule has 0 radical (unpaired) electrons. The molecule has 11 heteroatoms. The molecular formula is C22H29N3O6S2. The van der Waals surface area contributed by atoms with Gasteiger partial charge in [-0.3, -0.25) is 20.4 Å². The Hall–Kier alpha value is -2.76. The van der Waals surface area contributed by atoms with Gasteiger partial charge in [0.15, 0.2) is 18.1 Å². The monoisotopic (exact) mass is 495 g/mol. The molecule has 0 spiro atoms. The third-order valence-corrected chi connectivity index (χ3v) is 6.52. The third kappa shape index (κ3) is 8.60. The van der Waals surface area contributed by atoms with Crippen molar-refractivity contribution in [1.82, 2.24) is 15.6 Å². The maximum atomic E-state index is 12.7. The van der Waals surface area contributed by atoms with Crippen LogP contribution in [0.25, 0.3) is 0 Å². The largest absolute Gasteiger partial charge is 0.490 e. The van der Waals surface area contributed by atoms with Crippen molar-refractivity contribution in [2.75, 3.05) is 25.2 Å². The Bertz CT molecular complexity index is 1030. The van der Waals surface area contributed by atoms with Gasteiger partial charge in [0.1, 0.15) is 6.04 Å². The predicted octanol–water partition coefficient (Wildman–Crippen LogP) is 2.02. The number of ether oxygens (including phenoxy) is 2. The van der Waals surface area contributed by atoms with E-state index in [4.69, 9.17) is 9.47 Å². The lowest BCUT2D eigenvalue weighted by molar-refractivity contribution is -0.130. The zero-order valence-electron chi connectivity index (χ0n) is 18.8. The van der Waals surface area contributed by atoms with Crippen LogP contribution in [-0.4, -0.2) is 51.5 Å². The van der Waals surface area contributed by atoms with Gasteiger partial charge in [-0.05, 0) is 56.5 Å². The molecule has 2 aromatic carbocycles. The van der Waals surface area contributed by atoms with Crippen molar-refractivity contribution in [3.8, 4) is 11.5 Å². The Morgan fingerprint density at radius 2 is 1.64 bits per heavy atom. The van der Waals surface area contributed by atoms with Gasteiger partial charge in [0.2, 0.25) is 10.0 Å². The second-order valence-electron chi connectivity index (χ2n) is 6.97. The minimum atomic E-state index is -3.92. The van der Waals surface area contributed by atoms with Gasteiger partial charge in [-0.2, -0.15) is 16.5 Å². The highest BCUT2D eigenvalue weighted by Crippen LogP contribution is 2.26. The van der Waals surface area contributed by atoms with E-state index < -0.39 is 27.9 Å². The van der Waals surface area contributed by atoms with Crippen LogP contribution in [0, 0.1) is 6.92 Å². The van der Waals surface area contributed by atoms with E-state index >= 15 is 0 Å². The molecule has 1 unspecified atom stereocenters. The highest BCUT2D eigenvalue weighted by molar-refractivity contribution is 7.98. The lowest BCUT2D eigenvalue weighted by Crippen LogP contribution is -2.53. The second-order valence-corrected chi connectivity index (χ2v) is 9.67. The predicted molar refractivity (Wildman–Crippen MR) is 128 cm³/mol. The Morgan fingerprint density at radius 1 is 1.00 bits per heavy atom. The normalized spacial score (nSPS) is 12.0. The van der Waals surface area contributed by atoms with Gasteiger partial charge in [-0.25, -0.2) is 8.42 Å². The maximum absolute atomic E-state index is 12.7. The van der Waals surface area contributed by atoms with Gasteiger partial charge < -0.3 is 9.47 Å². The number of nitrogens with one attached hydrogen (secondary N) is 3. The Kier molecular flexibility index (Phi) is 10.5. The van der Waals surface area contributed by atoms with E-state index in [1.807, 2.05) is 20.1 Å². The van der Waals surface area contributed by atoms with Gasteiger partial charge in [0.05, 0.1) is 11.5 Å². The molecule has 0 heterocycles. The van der Waals surface area contributed by atoms with E-state index in [9.17, 15) is 18.0 Å². The molecule has 0 bridgehead atoms. The lowest BCUT2D eigenvalue weighted by Gasteiger charge is -2.19. The molecule has 1 atom stereocenters. The summed E-state index contributed by atoms with van der Waals surface area (Å²) in [5, 5.41) is 0. The van der Waals surface area contributed by atoms with Gasteiger partial charge in [-0.15, -0.1) is 0 Å². The summed E-state index contributed by atoms with van der Waals surface area (Å²) in [6, 6.07) is 12.1. The summed E-state index contributed by atoms with van der Waals surface area (Å²) >= 11 is 1.47. The first kappa shape index (κ1) is 26.5. The van der Waals surface area contributed by atoms with Crippen molar-refractivity contribution in [1.29, 1.82) is 0 Å². The number of carbonyl (C=O) groups excluding carboxylic acids is 2. The number of carbonyl (C=O) groups is 2. The van der Waals surface area contributed by atoms with Gasteiger partial charge >= 0.3 is 0 Å². The van der Waals surface area contributed by atoms with Crippen molar-refractivity contribution in [2.24, 2.45) is 0 Å². The minimum Gasteiger partial charge on any atom is -0.490 e. The molecular weight excluding hydrogens is 466 g/mol. The summed E-state index contributed by atoms with van der Waals surface area (Å²) in [6.45, 7) is 3.76. The molecule has 2 amide bonds. The van der Waals surface area contributed by atoms with Crippen LogP contribution in [0.1, 0.15) is 18.9 Å². The van der Waals surface area contributed by atoms with Crippen LogP contribution in [0.3, 0.4) is 0 Å². The van der Waals surface area contributed by atoms with Crippen molar-refractivity contribution >= 4 is 33.6 Å². The zero-order valence-corrected chi connectivity index (χ0v) is 20.4. The quantitative estimate of drug-likeness (QED) is 0.385. The van der Waals surface area contributed by atoms with Gasteiger partial charge in [0.25, 0.3) is 11.8 Å². The highest BCUT2D eigenvalue weighted by Gasteiger charge is 2.26. The molecule has 0 fully saturated rings. The molecule has 180 valence electrons. The third-order valence-electron chi connectivity index (χ3n) is 4.39. The summed E-state index contributed by atoms with van der Waals surface area (Å²) in [7, 11) is -3.92. The van der Waals surface area contributed by atoms with Gasteiger partial charge in [-0.1, -0.05) is 29.8 Å². The SMILES string of the molecule is CCOc1ccccc1OCC(=O)NNC(=O)C(CCSC)NS(=O)(=O)c1ccc(C)cc1. The number of amides is 2. The summed E-state index contributed by atoms with van der Waals surface area (Å²) in [6.07, 6.45) is 2.09. The van der Waals surface area contributed by atoms with Crippen LogP contribution in [0.15, 0.2) is 53.4 Å². The van der Waals surface area contributed by atoms with Crippen molar-refractivity contribution in [2.45, 2.75) is 31.2 Å². The first-order valence-electron chi connectivity index (χ1n) is 10.3. The first-order valence-corrected chi connectivity index (χ1v) is 13.2. The number of hydrogen-bond acceptors (Lipinski definition) is 7. The number of rotatable bonds is 12. The summed E-state index contributed by atoms with van der Waals surface area (Å²) in [5.74, 6) is 0.145. The molecule has 0 aliphatic carbocycles. The van der Waals surface area contributed by atoms with Crippen LogP contribution in [0.4, 0.5) is 0 Å². The Labute approximate surface area is 198 Å². The molecule has 9 nitrogen and oxygen atoms in total. The van der Waals surface area contributed by atoms with Crippen LogP contribution in [0.2, 0.25) is 0 Å². The molecule has 3 N–H and O–H groups in total. The Morgan fingerprint density at radius 3 is 2.24 bits per heavy atom. The van der Waals surface area contributed by atoms with E-state index in [-0.39, 0.29) is 17.9 Å². The van der Waals surface area contributed by atoms with E-state index in [2.05, 4.69) is 15.6 Å². The highest BCUT2D eigenvalue weighted by atomic mass is 32.2. The lowest BCUT2D eigenvalue weighted by atomic mass is 10.2. The van der Waals surface area contributed by atoms with Crippen molar-refractivity contribution in [3.05, 3.63) is 54.1 Å². The number of hydrogen-bond donors (Lipinski definition) is 3. The van der Waals surface area contributed by atoms with E-state index in [1.54, 1.807) is 36.4 Å². The van der Waals surface area contributed by atoms with Crippen molar-refractivity contribution in [3.63, 3.8) is 0 Å². The molecule has 2 rings (SSSR count).